The fourth-order valence-electron chi connectivity index (χ4n) is 13.3. The summed E-state index contributed by atoms with van der Waals surface area (Å²) in [6.07, 6.45) is 80.3. The third kappa shape index (κ3) is 62.7. The van der Waals surface area contributed by atoms with Gasteiger partial charge in [-0.15, -0.1) is 0 Å². The Kier molecular flexibility index (Phi) is 77.2. The summed E-state index contributed by atoms with van der Waals surface area (Å²) in [6, 6.07) is 0. The molecule has 0 radical (unpaired) electrons. The summed E-state index contributed by atoms with van der Waals surface area (Å²) >= 11 is 0. The molecule has 0 heterocycles. The second-order valence-electron chi connectivity index (χ2n) is 28.2. The number of primary amides is 2. The number of amides is 2. The first-order valence-corrected chi connectivity index (χ1v) is 42.2. The van der Waals surface area contributed by atoms with Gasteiger partial charge >= 0.3 is 59.1 Å². The molecular formula is C76H148N2Na2O12S2. The fraction of sp³-hybridized carbons (Fsp3) is 0.947. The number of hydrogen-bond acceptors (Lipinski definition) is 10. The molecule has 0 saturated heterocycles. The maximum atomic E-state index is 11.7. The topological polar surface area (TPSA) is 275 Å². The Balaban J connectivity index is -0.000000844. The van der Waals surface area contributed by atoms with Gasteiger partial charge in [0.25, 0.3) is 20.2 Å². The van der Waals surface area contributed by atoms with E-state index in [0.717, 1.165) is 38.5 Å². The van der Waals surface area contributed by atoms with E-state index in [0.29, 0.717) is 12.8 Å². The van der Waals surface area contributed by atoms with Crippen LogP contribution >= 0.6 is 0 Å². The summed E-state index contributed by atoms with van der Waals surface area (Å²) in [5.41, 5.74) is 10.0. The summed E-state index contributed by atoms with van der Waals surface area (Å²) in [5.74, 6) is -6.15. The van der Waals surface area contributed by atoms with Gasteiger partial charge in [0.2, 0.25) is 11.8 Å². The van der Waals surface area contributed by atoms with Gasteiger partial charge in [-0.05, 0) is 12.8 Å². The summed E-state index contributed by atoms with van der Waals surface area (Å²) in [5, 5.41) is 22.9. The van der Waals surface area contributed by atoms with Crippen LogP contribution in [0.1, 0.15) is 450 Å². The van der Waals surface area contributed by atoms with Crippen molar-refractivity contribution in [2.24, 2.45) is 11.5 Å². The average Bonchev–Trinajstić information content (AvgIpc) is 0.802. The third-order valence-electron chi connectivity index (χ3n) is 19.5. The number of carboxylic acids is 2. The number of carbonyl (C=O) groups excluding carboxylic acids is 4. The molecule has 0 fully saturated rings. The maximum Gasteiger partial charge on any atom is 1.00 e. The number of carboxylic acid groups (broad SMARTS) is 2. The molecular weight excluding hydrogens is 1240 g/mol. The van der Waals surface area contributed by atoms with Crippen molar-refractivity contribution in [2.45, 2.75) is 460 Å². The van der Waals surface area contributed by atoms with Crippen molar-refractivity contribution >= 4 is 44.0 Å². The van der Waals surface area contributed by atoms with Gasteiger partial charge in [0, 0.05) is 0 Å². The van der Waals surface area contributed by atoms with Gasteiger partial charge in [-0.1, -0.05) is 425 Å². The summed E-state index contributed by atoms with van der Waals surface area (Å²) in [7, 11) is -10.0. The molecule has 0 rings (SSSR count). The van der Waals surface area contributed by atoms with E-state index in [9.17, 15) is 55.3 Å². The van der Waals surface area contributed by atoms with Crippen LogP contribution < -0.4 is 80.8 Å². The summed E-state index contributed by atoms with van der Waals surface area (Å²) < 4.78 is 60.1. The maximum absolute atomic E-state index is 11.7. The quantitative estimate of drug-likeness (QED) is 0.0251. The summed E-state index contributed by atoms with van der Waals surface area (Å²) in [6.45, 7) is 4.58. The Morgan fingerprint density at radius 3 is 0.447 bits per heavy atom. The van der Waals surface area contributed by atoms with Crippen molar-refractivity contribution in [2.75, 3.05) is 0 Å². The Morgan fingerprint density at radius 2 is 0.362 bits per heavy atom. The predicted molar refractivity (Wildman–Crippen MR) is 382 cm³/mol. The fourth-order valence-corrected chi connectivity index (χ4v) is 15.2. The van der Waals surface area contributed by atoms with Gasteiger partial charge < -0.3 is 31.3 Å². The number of carbonyl (C=O) groups is 4. The molecule has 548 valence electrons. The van der Waals surface area contributed by atoms with E-state index < -0.39 is 66.3 Å². The standard InChI is InChI=1S/2C38H75NO6S.2Na/c2*1-2-3-4-5-6-7-8-9-10-11-12-13-14-15-16-17-18-19-20-21-22-23-24-25-26-27-28-29-30-31-32-33-34-38(37(41)42,35-36(39)40)46(43,44)45;;/h2*2-35H2,1H3,(H2,39,40)(H,41,42)(H,43,44,45);;/q;;2*+1/p-2. The van der Waals surface area contributed by atoms with Crippen molar-refractivity contribution in [3.63, 3.8) is 0 Å². The first-order chi connectivity index (χ1) is 44.3. The Hall–Kier alpha value is -0.300. The molecule has 0 bridgehead atoms. The van der Waals surface area contributed by atoms with Crippen LogP contribution in [0.15, 0.2) is 0 Å². The zero-order chi connectivity index (χ0) is 68.4. The molecule has 0 aliphatic heterocycles. The summed E-state index contributed by atoms with van der Waals surface area (Å²) in [4.78, 5) is 45.3. The SMILES string of the molecule is CCCCCCCCCCCCCCCCCCCCCCCCCCCCCCCCCCC(CC(N)=O)(C(=O)[O-])S(=O)(=O)O.CCCCCCCCCCCCCCCCCCCCCCCCCCCCCCCCCCC(CC(N)=O)(C(=O)[O-])S(=O)(=O)O.[Na+].[Na+]. The van der Waals surface area contributed by atoms with Gasteiger partial charge in [-0.25, -0.2) is 0 Å². The molecule has 6 N–H and O–H groups in total. The van der Waals surface area contributed by atoms with Crippen molar-refractivity contribution in [3.8, 4) is 0 Å². The van der Waals surface area contributed by atoms with Gasteiger partial charge in [0.05, 0.1) is 24.8 Å². The second kappa shape index (κ2) is 72.5. The minimum atomic E-state index is -5.02. The van der Waals surface area contributed by atoms with Gasteiger partial charge in [0.1, 0.15) is 9.49 Å². The van der Waals surface area contributed by atoms with Crippen LogP contribution in [0.3, 0.4) is 0 Å². The molecule has 2 atom stereocenters. The van der Waals surface area contributed by atoms with Gasteiger partial charge in [0.15, 0.2) is 0 Å². The molecule has 0 aromatic heterocycles. The molecule has 14 nitrogen and oxygen atoms in total. The second-order valence-corrected chi connectivity index (χ2v) is 31.7. The van der Waals surface area contributed by atoms with E-state index in [1.54, 1.807) is 0 Å². The van der Waals surface area contributed by atoms with Crippen molar-refractivity contribution in [3.05, 3.63) is 0 Å². The van der Waals surface area contributed by atoms with Crippen molar-refractivity contribution < 1.29 is 114 Å². The number of hydrogen-bond donors (Lipinski definition) is 4. The van der Waals surface area contributed by atoms with Crippen LogP contribution in [0.25, 0.3) is 0 Å². The molecule has 0 aromatic rings. The van der Waals surface area contributed by atoms with Crippen LogP contribution in [-0.2, 0) is 39.4 Å². The largest absolute Gasteiger partial charge is 1.00 e. The van der Waals surface area contributed by atoms with Crippen LogP contribution in [-0.4, -0.2) is 59.2 Å². The number of unbranched alkanes of at least 4 members (excludes halogenated alkanes) is 62. The third-order valence-corrected chi connectivity index (χ3v) is 22.5. The zero-order valence-electron chi connectivity index (χ0n) is 62.0. The first kappa shape index (κ1) is 100. The minimum absolute atomic E-state index is 0. The van der Waals surface area contributed by atoms with E-state index in [2.05, 4.69) is 13.8 Å². The molecule has 2 amide bonds. The van der Waals surface area contributed by atoms with E-state index in [1.165, 1.54) is 347 Å². The molecule has 2 unspecified atom stereocenters. The minimum Gasteiger partial charge on any atom is -0.548 e. The predicted octanol–water partition coefficient (Wildman–Crippen LogP) is 14.3. The Labute approximate surface area is 624 Å². The molecule has 94 heavy (non-hydrogen) atoms. The van der Waals surface area contributed by atoms with Crippen LogP contribution in [0.4, 0.5) is 0 Å². The van der Waals surface area contributed by atoms with E-state index in [1.807, 2.05) is 0 Å². The molecule has 0 aliphatic rings. The van der Waals surface area contributed by atoms with E-state index >= 15 is 0 Å². The van der Waals surface area contributed by atoms with Crippen molar-refractivity contribution in [1.82, 2.24) is 0 Å². The van der Waals surface area contributed by atoms with Crippen LogP contribution in [0, 0.1) is 0 Å². The van der Waals surface area contributed by atoms with E-state index in [4.69, 9.17) is 11.5 Å². The average molecular weight is 1390 g/mol. The monoisotopic (exact) mass is 1390 g/mol. The Bertz CT molecular complexity index is 1780. The Morgan fingerprint density at radius 1 is 0.255 bits per heavy atom. The number of rotatable bonds is 74. The molecule has 18 heteroatoms. The first-order valence-electron chi connectivity index (χ1n) is 39.3. The van der Waals surface area contributed by atoms with Crippen molar-refractivity contribution in [1.29, 1.82) is 0 Å². The normalized spacial score (nSPS) is 12.9. The molecule has 0 spiro atoms. The van der Waals surface area contributed by atoms with E-state index in [-0.39, 0.29) is 84.8 Å². The zero-order valence-corrected chi connectivity index (χ0v) is 67.7. The van der Waals surface area contributed by atoms with Crippen LogP contribution in [0.2, 0.25) is 0 Å². The molecule has 0 saturated carbocycles. The number of nitrogens with two attached hydrogens (primary N) is 2. The van der Waals surface area contributed by atoms with Gasteiger partial charge in [-0.2, -0.15) is 16.8 Å². The van der Waals surface area contributed by atoms with Crippen LogP contribution in [0.5, 0.6) is 0 Å². The smallest absolute Gasteiger partial charge is 0.548 e. The van der Waals surface area contributed by atoms with Gasteiger partial charge in [-0.3, -0.25) is 18.7 Å². The number of aliphatic carboxylic acids is 2. The molecule has 0 aliphatic carbocycles. The molecule has 0 aromatic carbocycles.